The Morgan fingerprint density at radius 1 is 1.20 bits per heavy atom. The van der Waals surface area contributed by atoms with Gasteiger partial charge in [-0.1, -0.05) is 5.16 Å². The number of hydrogen-bond acceptors (Lipinski definition) is 6. The average Bonchev–Trinajstić information content (AvgIpc) is 2.91. The molecule has 1 aliphatic rings. The van der Waals surface area contributed by atoms with Crippen LogP contribution in [-0.2, 0) is 6.42 Å². The fourth-order valence-electron chi connectivity index (χ4n) is 2.13. The van der Waals surface area contributed by atoms with E-state index in [0.29, 0.717) is 29.1 Å². The predicted octanol–water partition coefficient (Wildman–Crippen LogP) is 1.52. The molecule has 3 rings (SSSR count). The van der Waals surface area contributed by atoms with Crippen LogP contribution < -0.4 is 14.8 Å². The van der Waals surface area contributed by atoms with Gasteiger partial charge in [0.25, 0.3) is 0 Å². The lowest BCUT2D eigenvalue weighted by Crippen LogP contribution is -2.43. The molecule has 106 valence electrons. The van der Waals surface area contributed by atoms with Gasteiger partial charge < -0.3 is 19.3 Å². The van der Waals surface area contributed by atoms with Crippen molar-refractivity contribution in [3.8, 4) is 22.9 Å². The highest BCUT2D eigenvalue weighted by Gasteiger charge is 2.20. The fourth-order valence-corrected chi connectivity index (χ4v) is 2.13. The van der Waals surface area contributed by atoms with Crippen LogP contribution in [0.4, 0.5) is 0 Å². The maximum atomic E-state index is 5.30. The maximum Gasteiger partial charge on any atom is 0.227 e. The molecule has 2 heterocycles. The zero-order valence-corrected chi connectivity index (χ0v) is 11.5. The van der Waals surface area contributed by atoms with E-state index in [2.05, 4.69) is 15.5 Å². The highest BCUT2D eigenvalue weighted by Crippen LogP contribution is 2.28. The lowest BCUT2D eigenvalue weighted by Gasteiger charge is -2.25. The Morgan fingerprint density at radius 2 is 1.90 bits per heavy atom. The van der Waals surface area contributed by atoms with E-state index in [1.807, 2.05) is 18.2 Å². The molecule has 1 aromatic carbocycles. The van der Waals surface area contributed by atoms with E-state index in [1.54, 1.807) is 14.2 Å². The van der Waals surface area contributed by atoms with Crippen LogP contribution in [0.5, 0.6) is 11.5 Å². The topological polar surface area (TPSA) is 69.4 Å². The standard InChI is InChI=1S/C14H17N3O3/c1-18-11-4-10(5-12(6-11)19-2)14-16-13(20-17-14)3-9-7-15-8-9/h4-6,9,15H,3,7-8H2,1-2H3. The van der Waals surface area contributed by atoms with Gasteiger partial charge in [0.2, 0.25) is 11.7 Å². The van der Waals surface area contributed by atoms with Gasteiger partial charge in [-0.3, -0.25) is 0 Å². The molecule has 0 aliphatic carbocycles. The van der Waals surface area contributed by atoms with Crippen molar-refractivity contribution in [3.63, 3.8) is 0 Å². The summed E-state index contributed by atoms with van der Waals surface area (Å²) in [6.45, 7) is 2.04. The predicted molar refractivity (Wildman–Crippen MR) is 72.9 cm³/mol. The summed E-state index contributed by atoms with van der Waals surface area (Å²) >= 11 is 0. The first-order valence-electron chi connectivity index (χ1n) is 6.55. The molecular weight excluding hydrogens is 258 g/mol. The number of nitrogens with zero attached hydrogens (tertiary/aromatic N) is 2. The Balaban J connectivity index is 1.84. The minimum Gasteiger partial charge on any atom is -0.497 e. The Labute approximate surface area is 117 Å². The van der Waals surface area contributed by atoms with Crippen LogP contribution in [0.2, 0.25) is 0 Å². The van der Waals surface area contributed by atoms with E-state index in [0.717, 1.165) is 25.1 Å². The smallest absolute Gasteiger partial charge is 0.227 e. The highest BCUT2D eigenvalue weighted by atomic mass is 16.5. The Kier molecular flexibility index (Phi) is 3.56. The summed E-state index contributed by atoms with van der Waals surface area (Å²) in [6.07, 6.45) is 0.821. The monoisotopic (exact) mass is 275 g/mol. The van der Waals surface area contributed by atoms with Gasteiger partial charge in [0.1, 0.15) is 11.5 Å². The van der Waals surface area contributed by atoms with Crippen molar-refractivity contribution in [1.82, 2.24) is 15.5 Å². The zero-order valence-electron chi connectivity index (χ0n) is 11.5. The Morgan fingerprint density at radius 3 is 2.45 bits per heavy atom. The first-order chi connectivity index (χ1) is 9.78. The fraction of sp³-hybridized carbons (Fsp3) is 0.429. The van der Waals surface area contributed by atoms with Crippen molar-refractivity contribution >= 4 is 0 Å². The van der Waals surface area contributed by atoms with Crippen molar-refractivity contribution in [2.75, 3.05) is 27.3 Å². The quantitative estimate of drug-likeness (QED) is 0.892. The molecule has 1 aliphatic heterocycles. The van der Waals surface area contributed by atoms with Crippen molar-refractivity contribution in [1.29, 1.82) is 0 Å². The maximum absolute atomic E-state index is 5.30. The average molecular weight is 275 g/mol. The molecule has 1 saturated heterocycles. The molecule has 2 aromatic rings. The first-order valence-corrected chi connectivity index (χ1v) is 6.55. The summed E-state index contributed by atoms with van der Waals surface area (Å²) in [5.74, 6) is 3.24. The lowest BCUT2D eigenvalue weighted by atomic mass is 10.00. The second-order valence-electron chi connectivity index (χ2n) is 4.84. The molecule has 0 unspecified atom stereocenters. The van der Waals surface area contributed by atoms with Crippen molar-refractivity contribution in [2.45, 2.75) is 6.42 Å². The largest absolute Gasteiger partial charge is 0.497 e. The van der Waals surface area contributed by atoms with Gasteiger partial charge in [0.05, 0.1) is 14.2 Å². The van der Waals surface area contributed by atoms with Gasteiger partial charge in [-0.05, 0) is 31.1 Å². The molecule has 1 fully saturated rings. The van der Waals surface area contributed by atoms with Gasteiger partial charge in [0, 0.05) is 18.1 Å². The number of rotatable bonds is 5. The highest BCUT2D eigenvalue weighted by molar-refractivity contribution is 5.60. The summed E-state index contributed by atoms with van der Waals surface area (Å²) in [5.41, 5.74) is 0.822. The van der Waals surface area contributed by atoms with Crippen molar-refractivity contribution in [3.05, 3.63) is 24.1 Å². The molecule has 0 saturated carbocycles. The molecule has 0 spiro atoms. The summed E-state index contributed by atoms with van der Waals surface area (Å²) in [5, 5.41) is 7.26. The second-order valence-corrected chi connectivity index (χ2v) is 4.84. The van der Waals surface area contributed by atoms with E-state index in [-0.39, 0.29) is 0 Å². The van der Waals surface area contributed by atoms with E-state index < -0.39 is 0 Å². The van der Waals surface area contributed by atoms with Gasteiger partial charge in [0.15, 0.2) is 0 Å². The summed E-state index contributed by atoms with van der Waals surface area (Å²) < 4.78 is 15.8. The van der Waals surface area contributed by atoms with Gasteiger partial charge in [-0.15, -0.1) is 0 Å². The molecule has 0 bridgehead atoms. The lowest BCUT2D eigenvalue weighted by molar-refractivity contribution is 0.296. The minimum absolute atomic E-state index is 0.560. The van der Waals surface area contributed by atoms with Crippen LogP contribution in [0, 0.1) is 5.92 Å². The molecule has 1 aromatic heterocycles. The van der Waals surface area contributed by atoms with Crippen LogP contribution in [0.25, 0.3) is 11.4 Å². The van der Waals surface area contributed by atoms with E-state index in [4.69, 9.17) is 14.0 Å². The van der Waals surface area contributed by atoms with Crippen molar-refractivity contribution < 1.29 is 14.0 Å². The van der Waals surface area contributed by atoms with Crippen LogP contribution in [-0.4, -0.2) is 37.4 Å². The van der Waals surface area contributed by atoms with Crippen LogP contribution in [0.3, 0.4) is 0 Å². The number of hydrogen-bond donors (Lipinski definition) is 1. The Bertz CT molecular complexity index is 571. The SMILES string of the molecule is COc1cc(OC)cc(-c2noc(CC3CNC3)n2)c1. The summed E-state index contributed by atoms with van der Waals surface area (Å²) in [6, 6.07) is 5.54. The zero-order chi connectivity index (χ0) is 13.9. The van der Waals surface area contributed by atoms with Crippen LogP contribution in [0.1, 0.15) is 5.89 Å². The third-order valence-electron chi connectivity index (χ3n) is 3.41. The second kappa shape index (κ2) is 5.50. The van der Waals surface area contributed by atoms with Crippen LogP contribution in [0.15, 0.2) is 22.7 Å². The van der Waals surface area contributed by atoms with Crippen LogP contribution >= 0.6 is 0 Å². The molecule has 20 heavy (non-hydrogen) atoms. The molecule has 6 heteroatoms. The van der Waals surface area contributed by atoms with Crippen molar-refractivity contribution in [2.24, 2.45) is 5.92 Å². The summed E-state index contributed by atoms with van der Waals surface area (Å²) in [4.78, 5) is 4.44. The third-order valence-corrected chi connectivity index (χ3v) is 3.41. The minimum atomic E-state index is 0.560. The van der Waals surface area contributed by atoms with Gasteiger partial charge >= 0.3 is 0 Å². The molecule has 0 atom stereocenters. The molecule has 0 radical (unpaired) electrons. The first kappa shape index (κ1) is 12.9. The van der Waals surface area contributed by atoms with E-state index in [1.165, 1.54) is 0 Å². The molecule has 1 N–H and O–H groups in total. The van der Waals surface area contributed by atoms with Gasteiger partial charge in [-0.2, -0.15) is 4.98 Å². The van der Waals surface area contributed by atoms with E-state index in [9.17, 15) is 0 Å². The normalized spacial score (nSPS) is 14.9. The summed E-state index contributed by atoms with van der Waals surface area (Å²) in [7, 11) is 3.23. The molecule has 0 amide bonds. The number of ether oxygens (including phenoxy) is 2. The van der Waals surface area contributed by atoms with Gasteiger partial charge in [-0.25, -0.2) is 0 Å². The molecule has 6 nitrogen and oxygen atoms in total. The Hall–Kier alpha value is -2.08. The molecular formula is C14H17N3O3. The van der Waals surface area contributed by atoms with E-state index >= 15 is 0 Å². The third kappa shape index (κ3) is 2.60. The number of nitrogens with one attached hydrogen (secondary N) is 1. The number of methoxy groups -OCH3 is 2. The number of aromatic nitrogens is 2. The number of benzene rings is 1.